The zero-order valence-corrected chi connectivity index (χ0v) is 8.16. The van der Waals surface area contributed by atoms with Crippen molar-refractivity contribution in [2.24, 2.45) is 7.05 Å². The standard InChI is InChI=1S/C9H7ClFN3/c1-14-5-3-7(13-14)6-2-4-12-9(10)8(6)11/h2-5H,1H3. The maximum absolute atomic E-state index is 13.5. The van der Waals surface area contributed by atoms with Crippen molar-refractivity contribution < 1.29 is 4.39 Å². The summed E-state index contributed by atoms with van der Waals surface area (Å²) in [5, 5.41) is 3.94. The minimum atomic E-state index is -0.534. The molecule has 0 saturated carbocycles. The number of aromatic nitrogens is 3. The summed E-state index contributed by atoms with van der Waals surface area (Å²) in [7, 11) is 1.77. The third-order valence-corrected chi connectivity index (χ3v) is 2.10. The molecule has 2 rings (SSSR count). The molecule has 0 amide bonds. The molecule has 3 nitrogen and oxygen atoms in total. The van der Waals surface area contributed by atoms with Gasteiger partial charge in [0.1, 0.15) is 0 Å². The smallest absolute Gasteiger partial charge is 0.169 e. The van der Waals surface area contributed by atoms with Crippen LogP contribution in [0.4, 0.5) is 4.39 Å². The number of hydrogen-bond donors (Lipinski definition) is 0. The van der Waals surface area contributed by atoms with Gasteiger partial charge in [-0.15, -0.1) is 0 Å². The normalized spacial score (nSPS) is 10.5. The molecule has 2 aromatic rings. The quantitative estimate of drug-likeness (QED) is 0.678. The zero-order chi connectivity index (χ0) is 10.1. The summed E-state index contributed by atoms with van der Waals surface area (Å²) in [4.78, 5) is 3.63. The van der Waals surface area contributed by atoms with E-state index in [-0.39, 0.29) is 5.15 Å². The summed E-state index contributed by atoms with van der Waals surface area (Å²) in [6.45, 7) is 0. The average molecular weight is 212 g/mol. The van der Waals surface area contributed by atoms with E-state index in [1.54, 1.807) is 30.1 Å². The molecule has 0 bridgehead atoms. The van der Waals surface area contributed by atoms with Gasteiger partial charge in [-0.05, 0) is 12.1 Å². The molecule has 0 spiro atoms. The second-order valence-electron chi connectivity index (χ2n) is 2.84. The molecule has 0 aliphatic carbocycles. The van der Waals surface area contributed by atoms with Gasteiger partial charge in [-0.3, -0.25) is 4.68 Å². The Morgan fingerprint density at radius 3 is 2.86 bits per heavy atom. The third-order valence-electron chi connectivity index (χ3n) is 1.84. The van der Waals surface area contributed by atoms with Crippen LogP contribution in [0.5, 0.6) is 0 Å². The maximum atomic E-state index is 13.5. The lowest BCUT2D eigenvalue weighted by Crippen LogP contribution is -1.91. The number of halogens is 2. The summed E-state index contributed by atoms with van der Waals surface area (Å²) in [5.41, 5.74) is 0.917. The van der Waals surface area contributed by atoms with E-state index in [0.29, 0.717) is 11.3 Å². The zero-order valence-electron chi connectivity index (χ0n) is 7.41. The van der Waals surface area contributed by atoms with E-state index >= 15 is 0 Å². The number of nitrogens with zero attached hydrogens (tertiary/aromatic N) is 3. The molecule has 0 aromatic carbocycles. The van der Waals surface area contributed by atoms with Crippen LogP contribution in [0.15, 0.2) is 24.5 Å². The highest BCUT2D eigenvalue weighted by molar-refractivity contribution is 6.29. The van der Waals surface area contributed by atoms with Gasteiger partial charge in [-0.25, -0.2) is 9.37 Å². The van der Waals surface area contributed by atoms with Gasteiger partial charge in [0.25, 0.3) is 0 Å². The lowest BCUT2D eigenvalue weighted by Gasteiger charge is -1.99. The Hall–Kier alpha value is -1.42. The molecule has 0 fully saturated rings. The molecule has 0 aliphatic heterocycles. The fraction of sp³-hybridized carbons (Fsp3) is 0.111. The van der Waals surface area contributed by atoms with Crippen LogP contribution in [0.2, 0.25) is 5.15 Å². The van der Waals surface area contributed by atoms with E-state index in [1.807, 2.05) is 0 Å². The molecule has 5 heteroatoms. The van der Waals surface area contributed by atoms with E-state index in [2.05, 4.69) is 10.1 Å². The van der Waals surface area contributed by atoms with Crippen LogP contribution < -0.4 is 0 Å². The Labute approximate surface area is 85.1 Å². The van der Waals surface area contributed by atoms with Crippen LogP contribution in [0.3, 0.4) is 0 Å². The summed E-state index contributed by atoms with van der Waals surface area (Å²) < 4.78 is 15.1. The number of pyridine rings is 1. The van der Waals surface area contributed by atoms with Crippen LogP contribution in [0.1, 0.15) is 0 Å². The largest absolute Gasteiger partial charge is 0.275 e. The van der Waals surface area contributed by atoms with Crippen LogP contribution in [0.25, 0.3) is 11.3 Å². The fourth-order valence-electron chi connectivity index (χ4n) is 1.17. The predicted octanol–water partition coefficient (Wildman–Crippen LogP) is 2.27. The molecule has 72 valence electrons. The topological polar surface area (TPSA) is 30.7 Å². The summed E-state index contributed by atoms with van der Waals surface area (Å²) in [6.07, 6.45) is 3.19. The van der Waals surface area contributed by atoms with Gasteiger partial charge in [0.15, 0.2) is 11.0 Å². The lowest BCUT2D eigenvalue weighted by molar-refractivity contribution is 0.624. The molecule has 0 unspecified atom stereocenters. The van der Waals surface area contributed by atoms with Crippen LogP contribution >= 0.6 is 11.6 Å². The molecule has 0 atom stereocenters. The van der Waals surface area contributed by atoms with E-state index in [1.165, 1.54) is 6.20 Å². The van der Waals surface area contributed by atoms with Crippen molar-refractivity contribution in [3.05, 3.63) is 35.5 Å². The van der Waals surface area contributed by atoms with Crippen molar-refractivity contribution in [1.82, 2.24) is 14.8 Å². The van der Waals surface area contributed by atoms with E-state index in [4.69, 9.17) is 11.6 Å². The van der Waals surface area contributed by atoms with Gasteiger partial charge in [0.05, 0.1) is 5.69 Å². The highest BCUT2D eigenvalue weighted by Gasteiger charge is 2.10. The molecule has 0 aliphatic rings. The van der Waals surface area contributed by atoms with Crippen molar-refractivity contribution in [1.29, 1.82) is 0 Å². The molecule has 2 heterocycles. The minimum absolute atomic E-state index is 0.131. The van der Waals surface area contributed by atoms with Gasteiger partial charge in [0.2, 0.25) is 0 Å². The van der Waals surface area contributed by atoms with E-state index in [0.717, 1.165) is 0 Å². The first-order valence-corrected chi connectivity index (χ1v) is 4.36. The molecule has 0 N–H and O–H groups in total. The molecule has 0 radical (unpaired) electrons. The first kappa shape index (κ1) is 9.15. The Kier molecular flexibility index (Phi) is 2.21. The van der Waals surface area contributed by atoms with Crippen molar-refractivity contribution in [2.45, 2.75) is 0 Å². The number of rotatable bonds is 1. The molecule has 0 saturated heterocycles. The summed E-state index contributed by atoms with van der Waals surface area (Å²) in [6, 6.07) is 3.26. The monoisotopic (exact) mass is 211 g/mol. The summed E-state index contributed by atoms with van der Waals surface area (Å²) in [5.74, 6) is -0.534. The Morgan fingerprint density at radius 2 is 2.21 bits per heavy atom. The molecular formula is C9H7ClFN3. The van der Waals surface area contributed by atoms with Gasteiger partial charge >= 0.3 is 0 Å². The fourth-order valence-corrected chi connectivity index (χ4v) is 1.33. The SMILES string of the molecule is Cn1ccc(-c2ccnc(Cl)c2F)n1. The highest BCUT2D eigenvalue weighted by Crippen LogP contribution is 2.23. The molecule has 14 heavy (non-hydrogen) atoms. The first-order valence-electron chi connectivity index (χ1n) is 3.98. The van der Waals surface area contributed by atoms with Crippen molar-refractivity contribution in [3.63, 3.8) is 0 Å². The average Bonchev–Trinajstić information content (AvgIpc) is 2.57. The van der Waals surface area contributed by atoms with E-state index in [9.17, 15) is 4.39 Å². The minimum Gasteiger partial charge on any atom is -0.275 e. The molecular weight excluding hydrogens is 205 g/mol. The predicted molar refractivity (Wildman–Crippen MR) is 51.4 cm³/mol. The first-order chi connectivity index (χ1) is 6.68. The second kappa shape index (κ2) is 3.38. The van der Waals surface area contributed by atoms with Crippen molar-refractivity contribution >= 4 is 11.6 Å². The number of aryl methyl sites for hydroxylation is 1. The Bertz CT molecular complexity index is 467. The highest BCUT2D eigenvalue weighted by atomic mass is 35.5. The lowest BCUT2D eigenvalue weighted by atomic mass is 10.2. The van der Waals surface area contributed by atoms with E-state index < -0.39 is 5.82 Å². The Morgan fingerprint density at radius 1 is 1.43 bits per heavy atom. The van der Waals surface area contributed by atoms with Crippen LogP contribution in [0, 0.1) is 5.82 Å². The van der Waals surface area contributed by atoms with Crippen LogP contribution in [-0.4, -0.2) is 14.8 Å². The van der Waals surface area contributed by atoms with Gasteiger partial charge < -0.3 is 0 Å². The summed E-state index contributed by atoms with van der Waals surface area (Å²) >= 11 is 5.55. The number of hydrogen-bond acceptors (Lipinski definition) is 2. The van der Waals surface area contributed by atoms with Gasteiger partial charge in [-0.2, -0.15) is 5.10 Å². The van der Waals surface area contributed by atoms with Crippen molar-refractivity contribution in [3.8, 4) is 11.3 Å². The van der Waals surface area contributed by atoms with Crippen molar-refractivity contribution in [2.75, 3.05) is 0 Å². The Balaban J connectivity index is 2.57. The van der Waals surface area contributed by atoms with Gasteiger partial charge in [0, 0.05) is 25.0 Å². The molecule has 2 aromatic heterocycles. The second-order valence-corrected chi connectivity index (χ2v) is 3.20. The van der Waals surface area contributed by atoms with Crippen LogP contribution in [-0.2, 0) is 7.05 Å². The third kappa shape index (κ3) is 1.48. The maximum Gasteiger partial charge on any atom is 0.169 e. The van der Waals surface area contributed by atoms with Gasteiger partial charge in [-0.1, -0.05) is 11.6 Å².